The lowest BCUT2D eigenvalue weighted by Crippen LogP contribution is -2.64. The van der Waals surface area contributed by atoms with Gasteiger partial charge in [0.1, 0.15) is 24.0 Å². The van der Waals surface area contributed by atoms with Gasteiger partial charge in [-0.15, -0.1) is 6.58 Å². The Morgan fingerprint density at radius 2 is 1.69 bits per heavy atom. The number of aliphatic hydroxyl groups excluding tert-OH is 3. The molecule has 0 radical (unpaired) electrons. The normalized spacial score (nSPS) is 42.0. The SMILES string of the molecule is C=CCC1/C=C(\C)CC(C)CC(O)C2OC(O)(C(=O)C(=O)N3CCCCC3C(=O)OC(/C(C)=C/C3CCC(O)C(C)C3)C(C)C(O)CC1=O)C(C)CC2OC. The van der Waals surface area contributed by atoms with Gasteiger partial charge >= 0.3 is 5.97 Å². The number of Topliss-reactive ketones (excluding diaryl/α,β-unsaturated/α-hetero) is 2. The molecule has 14 unspecified atom stereocenters. The van der Waals surface area contributed by atoms with Crippen molar-refractivity contribution in [2.75, 3.05) is 13.7 Å². The number of allylic oxidation sites excluding steroid dienone is 4. The van der Waals surface area contributed by atoms with Crippen LogP contribution in [0, 0.1) is 35.5 Å². The molecule has 1 saturated carbocycles. The van der Waals surface area contributed by atoms with E-state index in [4.69, 9.17) is 14.2 Å². The van der Waals surface area contributed by atoms with Crippen molar-refractivity contribution in [2.24, 2.45) is 35.5 Å². The number of nitrogens with zero attached hydrogens (tertiary/aromatic N) is 1. The number of esters is 1. The Bertz CT molecular complexity index is 1440. The predicted molar refractivity (Wildman–Crippen MR) is 206 cm³/mol. The van der Waals surface area contributed by atoms with E-state index < -0.39 is 77.8 Å². The van der Waals surface area contributed by atoms with Crippen molar-refractivity contribution in [2.45, 2.75) is 161 Å². The van der Waals surface area contributed by atoms with Gasteiger partial charge in [0.05, 0.1) is 24.4 Å². The third kappa shape index (κ3) is 10.8. The zero-order valence-electron chi connectivity index (χ0n) is 34.0. The molecule has 2 bridgehead atoms. The molecule has 1 amide bonds. The molecule has 55 heavy (non-hydrogen) atoms. The minimum absolute atomic E-state index is 0.0740. The highest BCUT2D eigenvalue weighted by Crippen LogP contribution is 2.39. The average Bonchev–Trinajstić information content (AvgIpc) is 3.14. The summed E-state index contributed by atoms with van der Waals surface area (Å²) in [6.45, 7) is 14.9. The number of carbonyl (C=O) groups is 4. The zero-order chi connectivity index (χ0) is 40.8. The summed E-state index contributed by atoms with van der Waals surface area (Å²) in [4.78, 5) is 57.4. The van der Waals surface area contributed by atoms with E-state index in [9.17, 15) is 39.6 Å². The summed E-state index contributed by atoms with van der Waals surface area (Å²) >= 11 is 0. The van der Waals surface area contributed by atoms with E-state index >= 15 is 0 Å². The van der Waals surface area contributed by atoms with Crippen LogP contribution in [0.1, 0.15) is 112 Å². The van der Waals surface area contributed by atoms with Crippen molar-refractivity contribution in [3.63, 3.8) is 0 Å². The Hall–Kier alpha value is -2.74. The lowest BCUT2D eigenvalue weighted by Gasteiger charge is -2.46. The number of fused-ring (bicyclic) bond motifs is 3. The lowest BCUT2D eigenvalue weighted by atomic mass is 9.78. The lowest BCUT2D eigenvalue weighted by molar-refractivity contribution is -0.301. The minimum atomic E-state index is -2.58. The van der Waals surface area contributed by atoms with Gasteiger partial charge in [0.25, 0.3) is 11.7 Å². The van der Waals surface area contributed by atoms with Crippen LogP contribution in [0.2, 0.25) is 0 Å². The Morgan fingerprint density at radius 3 is 2.35 bits per heavy atom. The summed E-state index contributed by atoms with van der Waals surface area (Å²) in [5, 5.41) is 45.3. The molecular formula is C43H67NO11. The summed E-state index contributed by atoms with van der Waals surface area (Å²) in [5.41, 5.74) is 1.59. The number of hydrogen-bond donors (Lipinski definition) is 4. The first-order valence-corrected chi connectivity index (χ1v) is 20.4. The topological polar surface area (TPSA) is 180 Å². The number of rotatable bonds is 5. The highest BCUT2D eigenvalue weighted by atomic mass is 16.7. The summed E-state index contributed by atoms with van der Waals surface area (Å²) in [6.07, 6.45) is 4.56. The molecular weight excluding hydrogens is 706 g/mol. The molecule has 14 atom stereocenters. The summed E-state index contributed by atoms with van der Waals surface area (Å²) in [5.74, 6) is -7.90. The van der Waals surface area contributed by atoms with Gasteiger partial charge < -0.3 is 39.5 Å². The second-order valence-corrected chi connectivity index (χ2v) is 17.3. The molecule has 0 aromatic carbocycles. The molecule has 4 rings (SSSR count). The van der Waals surface area contributed by atoms with E-state index in [2.05, 4.69) is 6.58 Å². The van der Waals surface area contributed by atoms with Gasteiger partial charge in [-0.1, -0.05) is 51.5 Å². The van der Waals surface area contributed by atoms with Crippen molar-refractivity contribution < 1.29 is 53.8 Å². The average molecular weight is 774 g/mol. The van der Waals surface area contributed by atoms with Crippen LogP contribution < -0.4 is 0 Å². The van der Waals surface area contributed by atoms with Crippen molar-refractivity contribution in [3.8, 4) is 0 Å². The van der Waals surface area contributed by atoms with Gasteiger partial charge in [0, 0.05) is 37.8 Å². The third-order valence-corrected chi connectivity index (χ3v) is 12.7. The molecule has 4 aliphatic rings. The fraction of sp³-hybridized carbons (Fsp3) is 0.767. The van der Waals surface area contributed by atoms with Gasteiger partial charge in [-0.05, 0) is 101 Å². The Morgan fingerprint density at radius 1 is 0.982 bits per heavy atom. The Labute approximate surface area is 327 Å². The highest BCUT2D eigenvalue weighted by molar-refractivity contribution is 6.39. The van der Waals surface area contributed by atoms with Gasteiger partial charge in [0.2, 0.25) is 5.79 Å². The summed E-state index contributed by atoms with van der Waals surface area (Å²) in [7, 11) is 1.46. The monoisotopic (exact) mass is 773 g/mol. The maximum Gasteiger partial charge on any atom is 0.329 e. The Kier molecular flexibility index (Phi) is 16.0. The second-order valence-electron chi connectivity index (χ2n) is 17.3. The van der Waals surface area contributed by atoms with E-state index in [1.54, 1.807) is 19.9 Å². The summed E-state index contributed by atoms with van der Waals surface area (Å²) < 4.78 is 17.9. The molecule has 4 N–H and O–H groups in total. The van der Waals surface area contributed by atoms with Crippen LogP contribution in [-0.2, 0) is 33.4 Å². The molecule has 310 valence electrons. The van der Waals surface area contributed by atoms with E-state index in [1.807, 2.05) is 39.8 Å². The molecule has 2 saturated heterocycles. The molecule has 0 spiro atoms. The first-order valence-electron chi connectivity index (χ1n) is 20.4. The van der Waals surface area contributed by atoms with Crippen LogP contribution in [0.5, 0.6) is 0 Å². The number of carbonyl (C=O) groups excluding carboxylic acids is 4. The van der Waals surface area contributed by atoms with Gasteiger partial charge in [-0.25, -0.2) is 4.79 Å². The summed E-state index contributed by atoms with van der Waals surface area (Å²) in [6, 6.07) is -1.15. The van der Waals surface area contributed by atoms with Crippen molar-refractivity contribution >= 4 is 23.4 Å². The minimum Gasteiger partial charge on any atom is -0.456 e. The standard InChI is InChI=1S/C43H67NO11/c1-9-12-31-18-24(2)17-25(3)19-36(48)39-37(53-8)22-28(6)43(52,55-39)40(49)41(50)44-16-11-10-13-32(44)42(51)54-38(29(7)34(46)23-35(31)47)27(5)21-30-14-15-33(45)26(4)20-30/h9,18,21,25-26,28-34,36-39,45-46,48,52H,1,10-17,19-20,22-23H2,2-8H3/b24-18+,27-21+. The maximum atomic E-state index is 14.2. The van der Waals surface area contributed by atoms with Crippen LogP contribution in [0.4, 0.5) is 0 Å². The highest BCUT2D eigenvalue weighted by Gasteiger charge is 2.56. The third-order valence-electron chi connectivity index (χ3n) is 12.7. The number of methoxy groups -OCH3 is 1. The number of amides is 1. The number of cyclic esters (lactones) is 1. The van der Waals surface area contributed by atoms with E-state index in [-0.39, 0.29) is 61.9 Å². The zero-order valence-corrected chi connectivity index (χ0v) is 34.0. The van der Waals surface area contributed by atoms with Crippen LogP contribution >= 0.6 is 0 Å². The molecule has 0 aromatic rings. The molecule has 3 fully saturated rings. The Balaban J connectivity index is 1.76. The number of ketones is 2. The largest absolute Gasteiger partial charge is 0.456 e. The number of hydrogen-bond acceptors (Lipinski definition) is 11. The van der Waals surface area contributed by atoms with Crippen LogP contribution in [-0.4, -0.2) is 111 Å². The fourth-order valence-corrected chi connectivity index (χ4v) is 9.25. The van der Waals surface area contributed by atoms with Crippen LogP contribution in [0.25, 0.3) is 0 Å². The molecule has 3 aliphatic heterocycles. The van der Waals surface area contributed by atoms with Crippen molar-refractivity contribution in [1.82, 2.24) is 4.90 Å². The van der Waals surface area contributed by atoms with Crippen LogP contribution in [0.15, 0.2) is 36.0 Å². The molecule has 12 nitrogen and oxygen atoms in total. The van der Waals surface area contributed by atoms with Gasteiger partial charge in [-0.2, -0.15) is 0 Å². The van der Waals surface area contributed by atoms with E-state index in [1.165, 1.54) is 7.11 Å². The molecule has 0 aromatic heterocycles. The predicted octanol–water partition coefficient (Wildman–Crippen LogP) is 4.61. The number of ether oxygens (including phenoxy) is 3. The first kappa shape index (κ1) is 45.0. The van der Waals surface area contributed by atoms with Crippen molar-refractivity contribution in [3.05, 3.63) is 36.0 Å². The smallest absolute Gasteiger partial charge is 0.329 e. The first-order chi connectivity index (χ1) is 25.9. The number of piperidine rings is 1. The van der Waals surface area contributed by atoms with E-state index in [0.717, 1.165) is 23.3 Å². The quantitative estimate of drug-likeness (QED) is 0.174. The second kappa shape index (κ2) is 19.6. The molecule has 1 aliphatic carbocycles. The van der Waals surface area contributed by atoms with Gasteiger partial charge in [0.15, 0.2) is 0 Å². The maximum absolute atomic E-state index is 14.2. The molecule has 3 heterocycles. The van der Waals surface area contributed by atoms with E-state index in [0.29, 0.717) is 37.7 Å². The fourth-order valence-electron chi connectivity index (χ4n) is 9.25. The van der Waals surface area contributed by atoms with Gasteiger partial charge in [-0.3, -0.25) is 14.4 Å². The molecule has 12 heteroatoms. The number of aliphatic hydroxyl groups is 4. The van der Waals surface area contributed by atoms with Crippen molar-refractivity contribution in [1.29, 1.82) is 0 Å². The van der Waals surface area contributed by atoms with Crippen LogP contribution in [0.3, 0.4) is 0 Å².